The molecule has 15 heavy (non-hydrogen) atoms. The lowest BCUT2D eigenvalue weighted by molar-refractivity contribution is -0.126. The number of piperidine rings is 1. The topological polar surface area (TPSA) is 20.3 Å². The molecule has 0 aromatic carbocycles. The van der Waals surface area contributed by atoms with Gasteiger partial charge in [0.1, 0.15) is 5.78 Å². The maximum atomic E-state index is 11.5. The number of rotatable bonds is 1. The van der Waals surface area contributed by atoms with Crippen molar-refractivity contribution in [3.63, 3.8) is 0 Å². The molecular formula is C13H23NO. The Morgan fingerprint density at radius 3 is 2.73 bits per heavy atom. The van der Waals surface area contributed by atoms with Gasteiger partial charge in [0.25, 0.3) is 0 Å². The van der Waals surface area contributed by atoms with Crippen molar-refractivity contribution in [2.24, 2.45) is 11.8 Å². The highest BCUT2D eigenvalue weighted by Crippen LogP contribution is 2.29. The molecule has 2 fully saturated rings. The Balaban J connectivity index is 1.90. The molecule has 3 unspecified atom stereocenters. The molecule has 1 aliphatic carbocycles. The van der Waals surface area contributed by atoms with Gasteiger partial charge in [-0.1, -0.05) is 26.7 Å². The van der Waals surface area contributed by atoms with E-state index in [9.17, 15) is 4.79 Å². The second-order valence-electron chi connectivity index (χ2n) is 5.54. The Morgan fingerprint density at radius 1 is 1.27 bits per heavy atom. The minimum Gasteiger partial charge on any atom is -0.299 e. The summed E-state index contributed by atoms with van der Waals surface area (Å²) >= 11 is 0. The van der Waals surface area contributed by atoms with Crippen LogP contribution in [0.2, 0.25) is 0 Å². The van der Waals surface area contributed by atoms with E-state index in [1.165, 1.54) is 25.7 Å². The van der Waals surface area contributed by atoms with Crippen molar-refractivity contribution in [3.05, 3.63) is 0 Å². The molecule has 1 saturated carbocycles. The number of carbonyl (C=O) groups is 1. The molecule has 0 radical (unpaired) electrons. The molecule has 0 amide bonds. The van der Waals surface area contributed by atoms with E-state index in [2.05, 4.69) is 18.7 Å². The minimum atomic E-state index is 0.274. The number of carbonyl (C=O) groups excluding carboxylic acids is 1. The van der Waals surface area contributed by atoms with Gasteiger partial charge in [-0.05, 0) is 18.8 Å². The minimum absolute atomic E-state index is 0.274. The van der Waals surface area contributed by atoms with Gasteiger partial charge in [0.2, 0.25) is 0 Å². The van der Waals surface area contributed by atoms with Crippen molar-refractivity contribution in [2.75, 3.05) is 13.1 Å². The third-order valence-corrected chi connectivity index (χ3v) is 4.13. The van der Waals surface area contributed by atoms with Crippen LogP contribution in [0.1, 0.15) is 46.0 Å². The molecule has 2 aliphatic rings. The van der Waals surface area contributed by atoms with Crippen LogP contribution in [0.5, 0.6) is 0 Å². The highest BCUT2D eigenvalue weighted by Gasteiger charge is 2.30. The van der Waals surface area contributed by atoms with Crippen LogP contribution in [0.4, 0.5) is 0 Å². The summed E-state index contributed by atoms with van der Waals surface area (Å²) in [6.07, 6.45) is 6.27. The van der Waals surface area contributed by atoms with E-state index >= 15 is 0 Å². The van der Waals surface area contributed by atoms with Crippen molar-refractivity contribution in [3.8, 4) is 0 Å². The van der Waals surface area contributed by atoms with Gasteiger partial charge in [-0.2, -0.15) is 0 Å². The lowest BCUT2D eigenvalue weighted by atomic mass is 9.84. The summed E-state index contributed by atoms with van der Waals surface area (Å²) in [4.78, 5) is 14.0. The van der Waals surface area contributed by atoms with Crippen LogP contribution in [0.15, 0.2) is 0 Å². The highest BCUT2D eigenvalue weighted by molar-refractivity contribution is 5.81. The van der Waals surface area contributed by atoms with E-state index in [4.69, 9.17) is 0 Å². The first-order valence-electron chi connectivity index (χ1n) is 6.43. The van der Waals surface area contributed by atoms with Crippen LogP contribution >= 0.6 is 0 Å². The first kappa shape index (κ1) is 11.1. The fourth-order valence-corrected chi connectivity index (χ4v) is 3.11. The molecule has 0 N–H and O–H groups in total. The third-order valence-electron chi connectivity index (χ3n) is 4.13. The molecule has 0 aromatic heterocycles. The zero-order chi connectivity index (χ0) is 10.8. The molecule has 1 saturated heterocycles. The molecule has 0 aromatic rings. The SMILES string of the molecule is CC1CCCC(N2CCC(=O)C(C)C2)C1. The molecule has 86 valence electrons. The zero-order valence-electron chi connectivity index (χ0n) is 10.0. The molecule has 3 atom stereocenters. The molecule has 2 heteroatoms. The number of nitrogens with zero attached hydrogens (tertiary/aromatic N) is 1. The molecule has 0 spiro atoms. The first-order valence-corrected chi connectivity index (χ1v) is 6.43. The van der Waals surface area contributed by atoms with Gasteiger partial charge in [-0.15, -0.1) is 0 Å². The van der Waals surface area contributed by atoms with Crippen LogP contribution in [0.25, 0.3) is 0 Å². The normalized spacial score (nSPS) is 39.3. The molecule has 1 heterocycles. The number of ketones is 1. The van der Waals surface area contributed by atoms with Crippen LogP contribution in [-0.4, -0.2) is 29.8 Å². The van der Waals surface area contributed by atoms with E-state index in [1.807, 2.05) is 0 Å². The van der Waals surface area contributed by atoms with Gasteiger partial charge >= 0.3 is 0 Å². The molecular weight excluding hydrogens is 186 g/mol. The van der Waals surface area contributed by atoms with Gasteiger partial charge in [-0.25, -0.2) is 0 Å². The summed E-state index contributed by atoms with van der Waals surface area (Å²) in [5.41, 5.74) is 0. The Morgan fingerprint density at radius 2 is 2.07 bits per heavy atom. The van der Waals surface area contributed by atoms with Crippen LogP contribution in [0, 0.1) is 11.8 Å². The average molecular weight is 209 g/mol. The molecule has 0 bridgehead atoms. The number of hydrogen-bond donors (Lipinski definition) is 0. The quantitative estimate of drug-likeness (QED) is 0.661. The fourth-order valence-electron chi connectivity index (χ4n) is 3.11. The largest absolute Gasteiger partial charge is 0.299 e. The average Bonchev–Trinajstić information content (AvgIpc) is 2.22. The van der Waals surface area contributed by atoms with Crippen molar-refractivity contribution in [2.45, 2.75) is 52.0 Å². The number of likely N-dealkylation sites (tertiary alicyclic amines) is 1. The first-order chi connectivity index (χ1) is 7.16. The summed E-state index contributed by atoms with van der Waals surface area (Å²) in [6.45, 7) is 6.47. The van der Waals surface area contributed by atoms with E-state index in [0.717, 1.165) is 31.5 Å². The Hall–Kier alpha value is -0.370. The molecule has 2 rings (SSSR count). The van der Waals surface area contributed by atoms with Crippen molar-refractivity contribution in [1.29, 1.82) is 0 Å². The third kappa shape index (κ3) is 2.60. The second kappa shape index (κ2) is 4.65. The molecule has 2 nitrogen and oxygen atoms in total. The zero-order valence-corrected chi connectivity index (χ0v) is 10.0. The predicted octanol–water partition coefficient (Wildman–Crippen LogP) is 2.48. The summed E-state index contributed by atoms with van der Waals surface area (Å²) in [7, 11) is 0. The lowest BCUT2D eigenvalue weighted by Gasteiger charge is -2.40. The number of Topliss-reactive ketones (excluding diaryl/α,β-unsaturated/α-hetero) is 1. The maximum absolute atomic E-state index is 11.5. The predicted molar refractivity (Wildman–Crippen MR) is 61.8 cm³/mol. The maximum Gasteiger partial charge on any atom is 0.138 e. The van der Waals surface area contributed by atoms with E-state index in [1.54, 1.807) is 0 Å². The Kier molecular flexibility index (Phi) is 3.45. The van der Waals surface area contributed by atoms with E-state index in [0.29, 0.717) is 5.78 Å². The van der Waals surface area contributed by atoms with E-state index in [-0.39, 0.29) is 5.92 Å². The van der Waals surface area contributed by atoms with Gasteiger partial charge in [-0.3, -0.25) is 9.69 Å². The van der Waals surface area contributed by atoms with E-state index < -0.39 is 0 Å². The summed E-state index contributed by atoms with van der Waals surface area (Å²) in [6, 6.07) is 0.768. The van der Waals surface area contributed by atoms with Crippen LogP contribution < -0.4 is 0 Å². The summed E-state index contributed by atoms with van der Waals surface area (Å²) in [5.74, 6) is 1.63. The highest BCUT2D eigenvalue weighted by atomic mass is 16.1. The monoisotopic (exact) mass is 209 g/mol. The fraction of sp³-hybridized carbons (Fsp3) is 0.923. The van der Waals surface area contributed by atoms with Crippen LogP contribution in [-0.2, 0) is 4.79 Å². The van der Waals surface area contributed by atoms with Gasteiger partial charge in [0, 0.05) is 31.5 Å². The summed E-state index contributed by atoms with van der Waals surface area (Å²) in [5, 5.41) is 0. The lowest BCUT2D eigenvalue weighted by Crippen LogP contribution is -2.46. The van der Waals surface area contributed by atoms with Crippen molar-refractivity contribution < 1.29 is 4.79 Å². The summed E-state index contributed by atoms with van der Waals surface area (Å²) < 4.78 is 0. The molecule has 1 aliphatic heterocycles. The second-order valence-corrected chi connectivity index (χ2v) is 5.54. The van der Waals surface area contributed by atoms with Gasteiger partial charge < -0.3 is 0 Å². The van der Waals surface area contributed by atoms with Gasteiger partial charge in [0.05, 0.1) is 0 Å². The van der Waals surface area contributed by atoms with Gasteiger partial charge in [0.15, 0.2) is 0 Å². The number of hydrogen-bond acceptors (Lipinski definition) is 2. The smallest absolute Gasteiger partial charge is 0.138 e. The van der Waals surface area contributed by atoms with Crippen LogP contribution in [0.3, 0.4) is 0 Å². The Bertz CT molecular complexity index is 239. The van der Waals surface area contributed by atoms with Crippen molar-refractivity contribution >= 4 is 5.78 Å². The van der Waals surface area contributed by atoms with Crippen molar-refractivity contribution in [1.82, 2.24) is 4.90 Å². The Labute approximate surface area is 93.0 Å². The standard InChI is InChI=1S/C13H23NO/c1-10-4-3-5-12(8-10)14-7-6-13(15)11(2)9-14/h10-12H,3-9H2,1-2H3.